The van der Waals surface area contributed by atoms with Gasteiger partial charge in [-0.1, -0.05) is 0 Å². The first-order valence-electron chi connectivity index (χ1n) is 5.64. The molecule has 96 valence electrons. The number of nitrogens with zero attached hydrogens (tertiary/aromatic N) is 2. The fourth-order valence-electron chi connectivity index (χ4n) is 1.95. The van der Waals surface area contributed by atoms with Crippen molar-refractivity contribution in [1.82, 2.24) is 9.80 Å². The number of urea groups is 1. The van der Waals surface area contributed by atoms with Crippen molar-refractivity contribution >= 4 is 23.8 Å². The fraction of sp³-hybridized carbons (Fsp3) is 0.800. The van der Waals surface area contributed by atoms with E-state index in [2.05, 4.69) is 0 Å². The van der Waals surface area contributed by atoms with Crippen molar-refractivity contribution in [2.24, 2.45) is 0 Å². The molecule has 0 bridgehead atoms. The van der Waals surface area contributed by atoms with E-state index >= 15 is 0 Å². The molecule has 2 aliphatic rings. The smallest absolute Gasteiger partial charge is 0.327 e. The second kappa shape index (κ2) is 5.59. The molecule has 0 radical (unpaired) electrons. The van der Waals surface area contributed by atoms with E-state index in [1.54, 1.807) is 4.90 Å². The molecular formula is C10H16N2O4S. The van der Waals surface area contributed by atoms with Crippen LogP contribution in [0.15, 0.2) is 0 Å². The Morgan fingerprint density at radius 1 is 1.29 bits per heavy atom. The minimum atomic E-state index is -0.922. The van der Waals surface area contributed by atoms with Crippen LogP contribution in [0.5, 0.6) is 0 Å². The standard InChI is InChI=1S/C10H16N2O4S/c13-9(14)8-6-17-7-12(8)10(15)11-2-1-4-16-5-3-11/h8H,1-7H2,(H,13,14)/t8-/m0/s1. The summed E-state index contributed by atoms with van der Waals surface area (Å²) >= 11 is 1.48. The topological polar surface area (TPSA) is 70.1 Å². The van der Waals surface area contributed by atoms with Crippen molar-refractivity contribution in [2.75, 3.05) is 37.9 Å². The highest BCUT2D eigenvalue weighted by molar-refractivity contribution is 7.99. The number of hydrogen-bond donors (Lipinski definition) is 1. The maximum Gasteiger partial charge on any atom is 0.327 e. The van der Waals surface area contributed by atoms with Gasteiger partial charge in [0.05, 0.1) is 12.5 Å². The van der Waals surface area contributed by atoms with Gasteiger partial charge in [-0.05, 0) is 6.42 Å². The summed E-state index contributed by atoms with van der Waals surface area (Å²) < 4.78 is 5.28. The van der Waals surface area contributed by atoms with Crippen LogP contribution in [-0.2, 0) is 9.53 Å². The average molecular weight is 260 g/mol. The first-order valence-corrected chi connectivity index (χ1v) is 6.79. The summed E-state index contributed by atoms with van der Waals surface area (Å²) in [4.78, 5) is 26.3. The van der Waals surface area contributed by atoms with Crippen molar-refractivity contribution in [3.05, 3.63) is 0 Å². The molecule has 0 spiro atoms. The lowest BCUT2D eigenvalue weighted by Crippen LogP contribution is -2.49. The van der Waals surface area contributed by atoms with E-state index in [1.807, 2.05) is 0 Å². The maximum absolute atomic E-state index is 12.2. The second-order valence-electron chi connectivity index (χ2n) is 4.06. The Kier molecular flexibility index (Phi) is 4.11. The molecule has 2 fully saturated rings. The molecule has 1 atom stereocenters. The molecule has 0 aromatic rings. The van der Waals surface area contributed by atoms with E-state index in [9.17, 15) is 9.59 Å². The van der Waals surface area contributed by atoms with Crippen LogP contribution < -0.4 is 0 Å². The van der Waals surface area contributed by atoms with Crippen molar-refractivity contribution in [1.29, 1.82) is 0 Å². The van der Waals surface area contributed by atoms with Gasteiger partial charge >= 0.3 is 12.0 Å². The molecule has 6 nitrogen and oxygen atoms in total. The Morgan fingerprint density at radius 2 is 2.12 bits per heavy atom. The molecule has 2 aliphatic heterocycles. The zero-order chi connectivity index (χ0) is 12.3. The summed E-state index contributed by atoms with van der Waals surface area (Å²) in [6.07, 6.45) is 0.810. The summed E-state index contributed by atoms with van der Waals surface area (Å²) in [6, 6.07) is -0.857. The Labute approximate surface area is 104 Å². The quantitative estimate of drug-likeness (QED) is 0.733. The Bertz CT molecular complexity index is 305. The maximum atomic E-state index is 12.2. The van der Waals surface area contributed by atoms with Gasteiger partial charge in [0.2, 0.25) is 0 Å². The first kappa shape index (κ1) is 12.5. The lowest BCUT2D eigenvalue weighted by molar-refractivity contribution is -0.140. The Balaban J connectivity index is 2.00. The molecule has 2 heterocycles. The molecule has 0 unspecified atom stereocenters. The molecule has 0 aromatic heterocycles. The lowest BCUT2D eigenvalue weighted by Gasteiger charge is -2.28. The third-order valence-corrected chi connectivity index (χ3v) is 3.92. The molecular weight excluding hydrogens is 244 g/mol. The van der Waals surface area contributed by atoms with Crippen molar-refractivity contribution in [2.45, 2.75) is 12.5 Å². The van der Waals surface area contributed by atoms with Crippen LogP contribution >= 0.6 is 11.8 Å². The number of carbonyl (C=O) groups excluding carboxylic acids is 1. The summed E-state index contributed by atoms with van der Waals surface area (Å²) in [6.45, 7) is 2.39. The van der Waals surface area contributed by atoms with Crippen LogP contribution in [0.1, 0.15) is 6.42 Å². The third-order valence-electron chi connectivity index (χ3n) is 2.91. The second-order valence-corrected chi connectivity index (χ2v) is 5.06. The molecule has 2 amide bonds. The van der Waals surface area contributed by atoms with Crippen LogP contribution in [0, 0.1) is 0 Å². The first-order chi connectivity index (χ1) is 8.20. The van der Waals surface area contributed by atoms with Gasteiger partial charge in [-0.2, -0.15) is 0 Å². The molecule has 0 aliphatic carbocycles. The van der Waals surface area contributed by atoms with E-state index in [1.165, 1.54) is 16.7 Å². The van der Waals surface area contributed by atoms with Crippen LogP contribution in [-0.4, -0.2) is 70.9 Å². The monoisotopic (exact) mass is 260 g/mol. The highest BCUT2D eigenvalue weighted by Crippen LogP contribution is 2.22. The number of rotatable bonds is 1. The molecule has 1 N–H and O–H groups in total. The van der Waals surface area contributed by atoms with E-state index in [0.717, 1.165) is 6.42 Å². The number of aliphatic carboxylic acids is 1. The van der Waals surface area contributed by atoms with Gasteiger partial charge in [0.1, 0.15) is 6.04 Å². The summed E-state index contributed by atoms with van der Waals surface area (Å²) in [5, 5.41) is 9.04. The molecule has 0 aromatic carbocycles. The number of ether oxygens (including phenoxy) is 1. The lowest BCUT2D eigenvalue weighted by atomic mass is 10.3. The number of hydrogen-bond acceptors (Lipinski definition) is 4. The molecule has 2 saturated heterocycles. The van der Waals surface area contributed by atoms with Crippen LogP contribution in [0.25, 0.3) is 0 Å². The molecule has 17 heavy (non-hydrogen) atoms. The van der Waals surface area contributed by atoms with E-state index < -0.39 is 12.0 Å². The van der Waals surface area contributed by atoms with Gasteiger partial charge in [-0.25, -0.2) is 9.59 Å². The van der Waals surface area contributed by atoms with E-state index in [-0.39, 0.29) is 6.03 Å². The van der Waals surface area contributed by atoms with Gasteiger partial charge < -0.3 is 19.6 Å². The zero-order valence-corrected chi connectivity index (χ0v) is 10.3. The highest BCUT2D eigenvalue weighted by Gasteiger charge is 2.36. The van der Waals surface area contributed by atoms with Crippen molar-refractivity contribution in [3.63, 3.8) is 0 Å². The van der Waals surface area contributed by atoms with Crippen LogP contribution in [0.3, 0.4) is 0 Å². The molecule has 7 heteroatoms. The van der Waals surface area contributed by atoms with Gasteiger partial charge in [0, 0.05) is 25.4 Å². The highest BCUT2D eigenvalue weighted by atomic mass is 32.2. The summed E-state index contributed by atoms with van der Waals surface area (Å²) in [5.74, 6) is 0.0212. The van der Waals surface area contributed by atoms with Gasteiger partial charge in [-0.3, -0.25) is 0 Å². The van der Waals surface area contributed by atoms with Crippen molar-refractivity contribution in [3.8, 4) is 0 Å². The minimum Gasteiger partial charge on any atom is -0.480 e. The zero-order valence-electron chi connectivity index (χ0n) is 9.50. The average Bonchev–Trinajstić information content (AvgIpc) is 2.64. The minimum absolute atomic E-state index is 0.173. The van der Waals surface area contributed by atoms with Crippen molar-refractivity contribution < 1.29 is 19.4 Å². The fourth-order valence-corrected chi connectivity index (χ4v) is 3.09. The third kappa shape index (κ3) is 2.84. The number of amides is 2. The number of carbonyl (C=O) groups is 2. The Morgan fingerprint density at radius 3 is 2.88 bits per heavy atom. The number of carboxylic acid groups (broad SMARTS) is 1. The van der Waals surface area contributed by atoms with Gasteiger partial charge in [0.15, 0.2) is 0 Å². The largest absolute Gasteiger partial charge is 0.480 e. The SMILES string of the molecule is O=C(O)[C@@H]1CSCN1C(=O)N1CCCOCC1. The summed E-state index contributed by atoms with van der Waals surface area (Å²) in [7, 11) is 0. The van der Waals surface area contributed by atoms with Gasteiger partial charge in [-0.15, -0.1) is 11.8 Å². The molecule has 0 saturated carbocycles. The Hall–Kier alpha value is -0.950. The normalized spacial score (nSPS) is 25.8. The summed E-state index contributed by atoms with van der Waals surface area (Å²) in [5.41, 5.74) is 0. The predicted octanol–water partition coefficient (Wildman–Crippen LogP) is 0.288. The predicted molar refractivity (Wildman–Crippen MR) is 63.0 cm³/mol. The van der Waals surface area contributed by atoms with Crippen LogP contribution in [0.4, 0.5) is 4.79 Å². The van der Waals surface area contributed by atoms with E-state index in [0.29, 0.717) is 37.9 Å². The number of carboxylic acids is 1. The van der Waals surface area contributed by atoms with Gasteiger partial charge in [0.25, 0.3) is 0 Å². The number of thioether (sulfide) groups is 1. The van der Waals surface area contributed by atoms with Crippen LogP contribution in [0.2, 0.25) is 0 Å². The van der Waals surface area contributed by atoms with E-state index in [4.69, 9.17) is 9.84 Å². The molecule has 2 rings (SSSR count).